The van der Waals surface area contributed by atoms with Crippen molar-refractivity contribution in [3.8, 4) is 5.75 Å². The van der Waals surface area contributed by atoms with Crippen LogP contribution in [0.5, 0.6) is 5.75 Å². The summed E-state index contributed by atoms with van der Waals surface area (Å²) >= 11 is 3.37. The summed E-state index contributed by atoms with van der Waals surface area (Å²) in [4.78, 5) is 23.4. The molecule has 0 bridgehead atoms. The van der Waals surface area contributed by atoms with Crippen molar-refractivity contribution in [1.29, 1.82) is 0 Å². The average Bonchev–Trinajstić information content (AvgIpc) is 3.10. The standard InChI is InChI=1S/C19H15BrN2O5/c1-25-18(23)11-26-15-5-3-2-4-12(15)10-21-22-19(24)17-9-13-8-14(20)6-7-16(13)27-17/h2-10H,11H2,1H3,(H,22,24)/b21-10+. The number of rotatable bonds is 6. The summed E-state index contributed by atoms with van der Waals surface area (Å²) in [5, 5.41) is 4.73. The summed E-state index contributed by atoms with van der Waals surface area (Å²) in [6.07, 6.45) is 1.42. The molecule has 1 heterocycles. The van der Waals surface area contributed by atoms with Crippen LogP contribution in [0.2, 0.25) is 0 Å². The number of ether oxygens (including phenoxy) is 2. The van der Waals surface area contributed by atoms with E-state index in [1.54, 1.807) is 36.4 Å². The molecular formula is C19H15BrN2O5. The van der Waals surface area contributed by atoms with Crippen LogP contribution in [0, 0.1) is 0 Å². The number of fused-ring (bicyclic) bond motifs is 1. The number of para-hydroxylation sites is 1. The number of nitrogens with one attached hydrogen (secondary N) is 1. The molecule has 0 saturated heterocycles. The fraction of sp³-hybridized carbons (Fsp3) is 0.105. The third kappa shape index (κ3) is 4.73. The number of carbonyl (C=O) groups excluding carboxylic acids is 2. The molecule has 0 unspecified atom stereocenters. The number of benzene rings is 2. The van der Waals surface area contributed by atoms with Crippen LogP contribution in [-0.4, -0.2) is 31.8 Å². The Morgan fingerprint density at radius 2 is 2.04 bits per heavy atom. The van der Waals surface area contributed by atoms with Crippen LogP contribution in [0.1, 0.15) is 16.1 Å². The lowest BCUT2D eigenvalue weighted by molar-refractivity contribution is -0.142. The number of methoxy groups -OCH3 is 1. The molecule has 27 heavy (non-hydrogen) atoms. The maximum Gasteiger partial charge on any atom is 0.343 e. The van der Waals surface area contributed by atoms with Crippen LogP contribution in [0.25, 0.3) is 11.0 Å². The summed E-state index contributed by atoms with van der Waals surface area (Å²) in [6.45, 7) is -0.220. The van der Waals surface area contributed by atoms with Crippen LogP contribution < -0.4 is 10.2 Å². The van der Waals surface area contributed by atoms with E-state index in [1.165, 1.54) is 13.3 Å². The van der Waals surface area contributed by atoms with Gasteiger partial charge in [0.1, 0.15) is 11.3 Å². The molecule has 0 aliphatic heterocycles. The summed E-state index contributed by atoms with van der Waals surface area (Å²) in [5.74, 6) is -0.386. The van der Waals surface area contributed by atoms with E-state index in [4.69, 9.17) is 9.15 Å². The predicted molar refractivity (Wildman–Crippen MR) is 103 cm³/mol. The van der Waals surface area contributed by atoms with Gasteiger partial charge >= 0.3 is 11.9 Å². The molecule has 0 atom stereocenters. The zero-order chi connectivity index (χ0) is 19.2. The molecular weight excluding hydrogens is 416 g/mol. The maximum atomic E-state index is 12.2. The maximum absolute atomic E-state index is 12.2. The molecule has 0 aliphatic carbocycles. The highest BCUT2D eigenvalue weighted by atomic mass is 79.9. The Balaban J connectivity index is 1.67. The van der Waals surface area contributed by atoms with Gasteiger partial charge in [-0.2, -0.15) is 5.10 Å². The molecule has 3 rings (SSSR count). The number of esters is 1. The van der Waals surface area contributed by atoms with Crippen LogP contribution in [-0.2, 0) is 9.53 Å². The molecule has 0 fully saturated rings. The summed E-state index contributed by atoms with van der Waals surface area (Å²) in [5.41, 5.74) is 3.60. The van der Waals surface area contributed by atoms with Crippen LogP contribution in [0.3, 0.4) is 0 Å². The molecule has 0 radical (unpaired) electrons. The lowest BCUT2D eigenvalue weighted by Crippen LogP contribution is -2.17. The van der Waals surface area contributed by atoms with Crippen molar-refractivity contribution in [2.75, 3.05) is 13.7 Å². The topological polar surface area (TPSA) is 90.1 Å². The number of nitrogens with zero attached hydrogens (tertiary/aromatic N) is 1. The smallest absolute Gasteiger partial charge is 0.343 e. The lowest BCUT2D eigenvalue weighted by Gasteiger charge is -2.07. The monoisotopic (exact) mass is 430 g/mol. The first-order valence-electron chi connectivity index (χ1n) is 7.88. The van der Waals surface area contributed by atoms with Gasteiger partial charge in [-0.15, -0.1) is 0 Å². The third-order valence-electron chi connectivity index (χ3n) is 3.56. The summed E-state index contributed by atoms with van der Waals surface area (Å²) < 4.78 is 16.3. The second-order valence-corrected chi connectivity index (χ2v) is 6.31. The highest BCUT2D eigenvalue weighted by molar-refractivity contribution is 9.10. The molecule has 2 aromatic carbocycles. The first-order valence-corrected chi connectivity index (χ1v) is 8.67. The average molecular weight is 431 g/mol. The molecule has 1 aromatic heterocycles. The van der Waals surface area contributed by atoms with Gasteiger partial charge in [0, 0.05) is 15.4 Å². The van der Waals surface area contributed by atoms with E-state index in [2.05, 4.69) is 31.2 Å². The Hall–Kier alpha value is -3.13. The van der Waals surface area contributed by atoms with Crippen molar-refractivity contribution in [2.24, 2.45) is 5.10 Å². The van der Waals surface area contributed by atoms with E-state index in [0.29, 0.717) is 16.9 Å². The molecule has 7 nitrogen and oxygen atoms in total. The zero-order valence-corrected chi connectivity index (χ0v) is 15.9. The number of carbonyl (C=O) groups is 2. The largest absolute Gasteiger partial charge is 0.481 e. The van der Waals surface area contributed by atoms with E-state index < -0.39 is 11.9 Å². The molecule has 3 aromatic rings. The minimum Gasteiger partial charge on any atom is -0.481 e. The first kappa shape index (κ1) is 18.7. The second-order valence-electron chi connectivity index (χ2n) is 5.39. The van der Waals surface area contributed by atoms with Gasteiger partial charge in [0.25, 0.3) is 0 Å². The van der Waals surface area contributed by atoms with Gasteiger partial charge in [0.05, 0.1) is 13.3 Å². The van der Waals surface area contributed by atoms with E-state index in [-0.39, 0.29) is 12.4 Å². The van der Waals surface area contributed by atoms with Gasteiger partial charge in [-0.05, 0) is 36.4 Å². The minimum atomic E-state index is -0.494. The Bertz CT molecular complexity index is 1010. The molecule has 8 heteroatoms. The fourth-order valence-corrected chi connectivity index (χ4v) is 2.63. The number of hydrogen-bond donors (Lipinski definition) is 1. The Kier molecular flexibility index (Phi) is 5.87. The number of hydrazone groups is 1. The van der Waals surface area contributed by atoms with Crippen LogP contribution >= 0.6 is 15.9 Å². The minimum absolute atomic E-state index is 0.149. The quantitative estimate of drug-likeness (QED) is 0.367. The Morgan fingerprint density at radius 3 is 2.85 bits per heavy atom. The number of amides is 1. The molecule has 0 spiro atoms. The van der Waals surface area contributed by atoms with E-state index >= 15 is 0 Å². The van der Waals surface area contributed by atoms with Crippen molar-refractivity contribution in [1.82, 2.24) is 5.43 Å². The van der Waals surface area contributed by atoms with Gasteiger partial charge in [-0.25, -0.2) is 10.2 Å². The highest BCUT2D eigenvalue weighted by Crippen LogP contribution is 2.23. The van der Waals surface area contributed by atoms with E-state index in [9.17, 15) is 9.59 Å². The molecule has 1 N–H and O–H groups in total. The van der Waals surface area contributed by atoms with Crippen molar-refractivity contribution in [3.05, 3.63) is 64.3 Å². The molecule has 0 aliphatic rings. The number of furan rings is 1. The van der Waals surface area contributed by atoms with Crippen LogP contribution in [0.4, 0.5) is 0 Å². The Labute approximate surface area is 163 Å². The SMILES string of the molecule is COC(=O)COc1ccccc1/C=N/NC(=O)c1cc2cc(Br)ccc2o1. The van der Waals surface area contributed by atoms with Gasteiger partial charge in [-0.1, -0.05) is 28.1 Å². The predicted octanol–water partition coefficient (Wildman–Crippen LogP) is 3.51. The highest BCUT2D eigenvalue weighted by Gasteiger charge is 2.12. The van der Waals surface area contributed by atoms with Gasteiger partial charge in [-0.3, -0.25) is 4.79 Å². The summed E-state index contributed by atoms with van der Waals surface area (Å²) in [7, 11) is 1.28. The molecule has 0 saturated carbocycles. The molecule has 1 amide bonds. The van der Waals surface area contributed by atoms with Crippen molar-refractivity contribution in [2.45, 2.75) is 0 Å². The van der Waals surface area contributed by atoms with Crippen molar-refractivity contribution >= 4 is 45.0 Å². The lowest BCUT2D eigenvalue weighted by atomic mass is 10.2. The van der Waals surface area contributed by atoms with E-state index in [0.717, 1.165) is 9.86 Å². The fourth-order valence-electron chi connectivity index (χ4n) is 2.26. The zero-order valence-electron chi connectivity index (χ0n) is 14.3. The van der Waals surface area contributed by atoms with E-state index in [1.807, 2.05) is 12.1 Å². The summed E-state index contributed by atoms with van der Waals surface area (Å²) in [6, 6.07) is 14.1. The molecule has 138 valence electrons. The Morgan fingerprint density at radius 1 is 1.22 bits per heavy atom. The first-order chi connectivity index (χ1) is 13.1. The van der Waals surface area contributed by atoms with Gasteiger partial charge in [0.15, 0.2) is 12.4 Å². The van der Waals surface area contributed by atoms with Crippen molar-refractivity contribution in [3.63, 3.8) is 0 Å². The second kappa shape index (κ2) is 8.50. The number of halogens is 1. The van der Waals surface area contributed by atoms with Gasteiger partial charge in [0.2, 0.25) is 0 Å². The van der Waals surface area contributed by atoms with Crippen molar-refractivity contribution < 1.29 is 23.5 Å². The van der Waals surface area contributed by atoms with Gasteiger partial charge < -0.3 is 13.9 Å². The normalized spacial score (nSPS) is 10.9. The third-order valence-corrected chi connectivity index (χ3v) is 4.06. The van der Waals surface area contributed by atoms with Crippen LogP contribution in [0.15, 0.2) is 62.5 Å². The number of hydrogen-bond acceptors (Lipinski definition) is 6.